The zero-order chi connectivity index (χ0) is 17.4. The fourth-order valence-electron chi connectivity index (χ4n) is 4.62. The van der Waals surface area contributed by atoms with Gasteiger partial charge < -0.3 is 10.6 Å². The number of carbonyl (C=O) groups excluding carboxylic acids is 1. The lowest BCUT2D eigenvalue weighted by Gasteiger charge is -2.37. The number of hydrogen-bond acceptors (Lipinski definition) is 5. The molecule has 2 heterocycles. The Bertz CT molecular complexity index is 647. The van der Waals surface area contributed by atoms with Crippen LogP contribution in [0.15, 0.2) is 0 Å². The number of aryl methyl sites for hydroxylation is 1. The third-order valence-electron chi connectivity index (χ3n) is 6.25. The first-order valence-corrected chi connectivity index (χ1v) is 9.81. The number of primary amides is 1. The normalized spacial score (nSPS) is 23.0. The second-order valence-corrected chi connectivity index (χ2v) is 7.77. The Labute approximate surface area is 149 Å². The van der Waals surface area contributed by atoms with E-state index in [-0.39, 0.29) is 11.9 Å². The van der Waals surface area contributed by atoms with Crippen LogP contribution >= 0.6 is 0 Å². The Morgan fingerprint density at radius 2 is 1.80 bits per heavy atom. The van der Waals surface area contributed by atoms with Crippen LogP contribution in [0.3, 0.4) is 0 Å². The highest BCUT2D eigenvalue weighted by Crippen LogP contribution is 2.38. The summed E-state index contributed by atoms with van der Waals surface area (Å²) in [5.74, 6) is 1.31. The van der Waals surface area contributed by atoms with Gasteiger partial charge in [0.1, 0.15) is 0 Å². The second kappa shape index (κ2) is 6.90. The van der Waals surface area contributed by atoms with Crippen molar-refractivity contribution < 1.29 is 4.79 Å². The maximum atomic E-state index is 11.4. The molecular weight excluding hydrogens is 314 g/mol. The summed E-state index contributed by atoms with van der Waals surface area (Å²) in [6, 6.07) is -0.197. The summed E-state index contributed by atoms with van der Waals surface area (Å²) >= 11 is 0. The largest absolute Gasteiger partial charge is 0.368 e. The molecule has 1 saturated carbocycles. The Morgan fingerprint density at radius 1 is 1.08 bits per heavy atom. The van der Waals surface area contributed by atoms with Crippen molar-refractivity contribution in [1.82, 2.24) is 14.9 Å². The number of nitrogens with two attached hydrogens (primary N) is 1. The van der Waals surface area contributed by atoms with Crippen LogP contribution < -0.4 is 10.6 Å². The molecule has 1 aromatic heterocycles. The molecule has 6 heteroatoms. The van der Waals surface area contributed by atoms with Gasteiger partial charge in [0.2, 0.25) is 11.9 Å². The topological polar surface area (TPSA) is 75.4 Å². The van der Waals surface area contributed by atoms with Crippen LogP contribution in [-0.2, 0) is 17.6 Å². The zero-order valence-corrected chi connectivity index (χ0v) is 15.2. The summed E-state index contributed by atoms with van der Waals surface area (Å²) in [6.07, 6.45) is 8.72. The van der Waals surface area contributed by atoms with E-state index in [1.165, 1.54) is 49.1 Å². The Kier molecular flexibility index (Phi) is 4.63. The highest BCUT2D eigenvalue weighted by Gasteiger charge is 2.30. The number of rotatable bonds is 4. The van der Waals surface area contributed by atoms with Crippen LogP contribution in [0.4, 0.5) is 5.95 Å². The van der Waals surface area contributed by atoms with E-state index in [1.807, 2.05) is 6.92 Å². The number of aromatic nitrogens is 2. The van der Waals surface area contributed by atoms with E-state index in [0.717, 1.165) is 45.0 Å². The molecule has 2 N–H and O–H groups in total. The molecule has 6 nitrogen and oxygen atoms in total. The molecule has 1 atom stereocenters. The molecule has 0 bridgehead atoms. The Morgan fingerprint density at radius 3 is 2.48 bits per heavy atom. The monoisotopic (exact) mass is 343 g/mol. The van der Waals surface area contributed by atoms with Gasteiger partial charge in [0, 0.05) is 37.8 Å². The van der Waals surface area contributed by atoms with Crippen molar-refractivity contribution in [3.05, 3.63) is 17.0 Å². The van der Waals surface area contributed by atoms with Crippen LogP contribution in [-0.4, -0.2) is 53.0 Å². The molecule has 25 heavy (non-hydrogen) atoms. The van der Waals surface area contributed by atoms with Crippen LogP contribution in [0.2, 0.25) is 0 Å². The first-order chi connectivity index (χ1) is 12.1. The summed E-state index contributed by atoms with van der Waals surface area (Å²) < 4.78 is 0. The molecule has 1 aromatic rings. The predicted octanol–water partition coefficient (Wildman–Crippen LogP) is 1.62. The quantitative estimate of drug-likeness (QED) is 0.899. The number of piperazine rings is 1. The minimum Gasteiger partial charge on any atom is -0.368 e. The van der Waals surface area contributed by atoms with Gasteiger partial charge in [-0.2, -0.15) is 0 Å². The van der Waals surface area contributed by atoms with Crippen LogP contribution in [0.5, 0.6) is 0 Å². The molecule has 2 aliphatic carbocycles. The molecule has 0 aromatic carbocycles. The van der Waals surface area contributed by atoms with Crippen molar-refractivity contribution in [2.45, 2.75) is 63.8 Å². The number of carbonyl (C=O) groups is 1. The number of anilines is 1. The van der Waals surface area contributed by atoms with Gasteiger partial charge in [-0.25, -0.2) is 9.97 Å². The van der Waals surface area contributed by atoms with E-state index in [1.54, 1.807) is 0 Å². The lowest BCUT2D eigenvalue weighted by atomic mass is 9.98. The van der Waals surface area contributed by atoms with Gasteiger partial charge in [-0.05, 0) is 44.6 Å². The molecule has 1 aliphatic heterocycles. The fraction of sp³-hybridized carbons (Fsp3) is 0.737. The zero-order valence-electron chi connectivity index (χ0n) is 15.2. The van der Waals surface area contributed by atoms with Gasteiger partial charge in [0.05, 0.1) is 11.7 Å². The smallest absolute Gasteiger partial charge is 0.234 e. The average molecular weight is 343 g/mol. The molecule has 0 radical (unpaired) electrons. The molecule has 3 aliphatic rings. The third-order valence-corrected chi connectivity index (χ3v) is 6.25. The number of fused-ring (bicyclic) bond motifs is 1. The average Bonchev–Trinajstić information content (AvgIpc) is 3.31. The Hall–Kier alpha value is -1.69. The van der Waals surface area contributed by atoms with E-state index in [0.29, 0.717) is 5.92 Å². The van der Waals surface area contributed by atoms with Crippen LogP contribution in [0, 0.1) is 0 Å². The minimum atomic E-state index is -0.245. The van der Waals surface area contributed by atoms with Crippen LogP contribution in [0.1, 0.15) is 61.9 Å². The van der Waals surface area contributed by atoms with Crippen molar-refractivity contribution in [2.75, 3.05) is 31.1 Å². The molecule has 4 rings (SSSR count). The first kappa shape index (κ1) is 16.8. The lowest BCUT2D eigenvalue weighted by Crippen LogP contribution is -2.53. The molecule has 1 amide bonds. The van der Waals surface area contributed by atoms with Crippen molar-refractivity contribution in [3.8, 4) is 0 Å². The van der Waals surface area contributed by atoms with E-state index in [9.17, 15) is 4.79 Å². The maximum Gasteiger partial charge on any atom is 0.234 e. The highest BCUT2D eigenvalue weighted by atomic mass is 16.1. The van der Waals surface area contributed by atoms with Crippen LogP contribution in [0.25, 0.3) is 0 Å². The molecule has 1 saturated heterocycles. The maximum absolute atomic E-state index is 11.4. The lowest BCUT2D eigenvalue weighted by molar-refractivity contribution is -0.122. The third kappa shape index (κ3) is 3.24. The van der Waals surface area contributed by atoms with Crippen molar-refractivity contribution in [2.24, 2.45) is 5.73 Å². The van der Waals surface area contributed by atoms with Gasteiger partial charge >= 0.3 is 0 Å². The van der Waals surface area contributed by atoms with Gasteiger partial charge in [0.15, 0.2) is 0 Å². The standard InChI is InChI=1S/C19H29N5O/c1-13(18(20)25)23-9-11-24(12-10-23)19-21-16-8-4-7-15(16)17(22-19)14-5-2-3-6-14/h13-14H,2-12H2,1H3,(H2,20,25). The number of hydrogen-bond donors (Lipinski definition) is 1. The van der Waals surface area contributed by atoms with Gasteiger partial charge in [-0.15, -0.1) is 0 Å². The van der Waals surface area contributed by atoms with E-state index in [2.05, 4.69) is 9.80 Å². The van der Waals surface area contributed by atoms with Crippen molar-refractivity contribution in [1.29, 1.82) is 0 Å². The summed E-state index contributed by atoms with van der Waals surface area (Å²) in [7, 11) is 0. The van der Waals surface area contributed by atoms with Gasteiger partial charge in [-0.3, -0.25) is 9.69 Å². The molecule has 136 valence electrons. The van der Waals surface area contributed by atoms with Crippen molar-refractivity contribution >= 4 is 11.9 Å². The molecule has 0 spiro atoms. The summed E-state index contributed by atoms with van der Waals surface area (Å²) in [5, 5.41) is 0. The number of amides is 1. The summed E-state index contributed by atoms with van der Waals surface area (Å²) in [6.45, 7) is 5.29. The summed E-state index contributed by atoms with van der Waals surface area (Å²) in [5.41, 5.74) is 9.54. The minimum absolute atomic E-state index is 0.197. The molecule has 1 unspecified atom stereocenters. The fourth-order valence-corrected chi connectivity index (χ4v) is 4.62. The first-order valence-electron chi connectivity index (χ1n) is 9.81. The van der Waals surface area contributed by atoms with E-state index >= 15 is 0 Å². The Balaban J connectivity index is 1.53. The molecular formula is C19H29N5O. The predicted molar refractivity (Wildman–Crippen MR) is 97.7 cm³/mol. The number of nitrogens with zero attached hydrogens (tertiary/aromatic N) is 4. The van der Waals surface area contributed by atoms with E-state index < -0.39 is 0 Å². The second-order valence-electron chi connectivity index (χ2n) is 7.77. The SMILES string of the molecule is CC(C(N)=O)N1CCN(c2nc3c(c(C4CCCC4)n2)CCC3)CC1. The summed E-state index contributed by atoms with van der Waals surface area (Å²) in [4.78, 5) is 25.8. The van der Waals surface area contributed by atoms with Gasteiger partial charge in [0.25, 0.3) is 0 Å². The molecule has 2 fully saturated rings. The highest BCUT2D eigenvalue weighted by molar-refractivity contribution is 5.79. The van der Waals surface area contributed by atoms with E-state index in [4.69, 9.17) is 15.7 Å². The van der Waals surface area contributed by atoms with Crippen molar-refractivity contribution in [3.63, 3.8) is 0 Å². The van der Waals surface area contributed by atoms with Gasteiger partial charge in [-0.1, -0.05) is 12.8 Å².